The van der Waals surface area contributed by atoms with E-state index < -0.39 is 24.5 Å². The summed E-state index contributed by atoms with van der Waals surface area (Å²) in [5.74, 6) is -1.33. The Bertz CT molecular complexity index is 1400. The van der Waals surface area contributed by atoms with Crippen LogP contribution in [0.15, 0.2) is 16.9 Å². The van der Waals surface area contributed by atoms with Gasteiger partial charge in [0.15, 0.2) is 6.10 Å². The number of halogens is 1. The van der Waals surface area contributed by atoms with Crippen LogP contribution in [0.3, 0.4) is 0 Å². The molecule has 2 atom stereocenters. The summed E-state index contributed by atoms with van der Waals surface area (Å²) in [6.45, 7) is -0.378. The van der Waals surface area contributed by atoms with Gasteiger partial charge in [-0.25, -0.2) is 14.2 Å². The normalized spacial score (nSPS) is 21.0. The number of hydrogen-bond acceptors (Lipinski definition) is 7. The Morgan fingerprint density at radius 2 is 2.06 bits per heavy atom. The molecule has 0 radical (unpaired) electrons. The van der Waals surface area contributed by atoms with Gasteiger partial charge in [0.1, 0.15) is 12.4 Å². The van der Waals surface area contributed by atoms with Crippen LogP contribution in [-0.2, 0) is 35.7 Å². The number of hydrogen-bond donors (Lipinski definition) is 3. The zero-order chi connectivity index (χ0) is 21.6. The number of aromatic nitrogens is 2. The number of aryl methyl sites for hydroxylation is 1. The first-order valence-corrected chi connectivity index (χ1v) is 10.1. The van der Waals surface area contributed by atoms with Gasteiger partial charge in [-0.2, -0.15) is 0 Å². The first-order chi connectivity index (χ1) is 14.9. The molecular formula is C22H18FN3O5. The highest BCUT2D eigenvalue weighted by atomic mass is 19.1. The van der Waals surface area contributed by atoms with Crippen molar-refractivity contribution in [2.75, 3.05) is 0 Å². The maximum Gasteiger partial charge on any atom is 0.340 e. The van der Waals surface area contributed by atoms with Gasteiger partial charge in [0.2, 0.25) is 0 Å². The van der Waals surface area contributed by atoms with Crippen molar-refractivity contribution in [3.63, 3.8) is 0 Å². The van der Waals surface area contributed by atoms with Crippen LogP contribution in [0.1, 0.15) is 51.9 Å². The number of fused-ring (bicyclic) bond motifs is 5. The quantitative estimate of drug-likeness (QED) is 0.391. The van der Waals surface area contributed by atoms with Crippen molar-refractivity contribution < 1.29 is 24.1 Å². The van der Waals surface area contributed by atoms with Crippen LogP contribution >= 0.6 is 0 Å². The van der Waals surface area contributed by atoms with E-state index in [4.69, 9.17) is 10.5 Å². The minimum Gasteiger partial charge on any atom is -0.458 e. The largest absolute Gasteiger partial charge is 0.458 e. The van der Waals surface area contributed by atoms with Crippen LogP contribution in [0, 0.1) is 5.82 Å². The van der Waals surface area contributed by atoms with Crippen LogP contribution in [0.2, 0.25) is 0 Å². The van der Waals surface area contributed by atoms with Gasteiger partial charge in [-0.05, 0) is 30.0 Å². The molecule has 4 N–H and O–H groups in total. The molecule has 6 rings (SSSR count). The molecule has 0 fully saturated rings. The topological polar surface area (TPSA) is 128 Å². The number of aliphatic hydroxyl groups excluding tert-OH is 2. The Hall–Kier alpha value is -3.14. The number of nitrogens with two attached hydrogens (primary N) is 1. The Morgan fingerprint density at radius 1 is 1.26 bits per heavy atom. The Labute approximate surface area is 174 Å². The van der Waals surface area contributed by atoms with Gasteiger partial charge in [-0.3, -0.25) is 4.79 Å². The Balaban J connectivity index is 1.69. The number of nitrogens with zero attached hydrogens (tertiary/aromatic N) is 2. The second kappa shape index (κ2) is 6.19. The lowest BCUT2D eigenvalue weighted by Gasteiger charge is -2.27. The Kier molecular flexibility index (Phi) is 3.72. The van der Waals surface area contributed by atoms with Crippen molar-refractivity contribution in [2.45, 2.75) is 44.7 Å². The number of pyridine rings is 2. The van der Waals surface area contributed by atoms with E-state index in [1.807, 2.05) is 0 Å². The smallest absolute Gasteiger partial charge is 0.340 e. The fourth-order valence-corrected chi connectivity index (χ4v) is 5.21. The molecule has 3 aliphatic rings. The van der Waals surface area contributed by atoms with Crippen molar-refractivity contribution in [1.82, 2.24) is 9.55 Å². The van der Waals surface area contributed by atoms with Crippen molar-refractivity contribution in [3.8, 4) is 11.4 Å². The molecule has 31 heavy (non-hydrogen) atoms. The number of carbonyl (C=O) groups excluding carboxylic acids is 1. The molecule has 2 aromatic heterocycles. The zero-order valence-electron chi connectivity index (χ0n) is 16.3. The molecule has 4 heterocycles. The highest BCUT2D eigenvalue weighted by molar-refractivity contribution is 5.93. The molecule has 0 saturated carbocycles. The zero-order valence-corrected chi connectivity index (χ0v) is 16.3. The van der Waals surface area contributed by atoms with Crippen LogP contribution in [0.25, 0.3) is 22.3 Å². The number of cyclic esters (lactones) is 1. The van der Waals surface area contributed by atoms with Crippen molar-refractivity contribution in [1.29, 1.82) is 0 Å². The molecular weight excluding hydrogens is 405 g/mol. The van der Waals surface area contributed by atoms with Crippen LogP contribution in [0.4, 0.5) is 4.39 Å². The fraction of sp³-hybridized carbons (Fsp3) is 0.318. The van der Waals surface area contributed by atoms with E-state index in [9.17, 15) is 24.2 Å². The van der Waals surface area contributed by atoms with E-state index in [1.165, 1.54) is 10.6 Å². The number of benzene rings is 1. The lowest BCUT2D eigenvalue weighted by Crippen LogP contribution is -2.32. The number of ether oxygens (including phenoxy) is 1. The summed E-state index contributed by atoms with van der Waals surface area (Å²) >= 11 is 0. The molecule has 158 valence electrons. The SMILES string of the molecule is N[C@H]1CCc2c(CO)c(F)cc3nc4c(c1c23)Cn1c-4cc2c(c1=O)COC(=O)[C@H]2O. The highest BCUT2D eigenvalue weighted by Gasteiger charge is 2.36. The van der Waals surface area contributed by atoms with Gasteiger partial charge < -0.3 is 25.3 Å². The summed E-state index contributed by atoms with van der Waals surface area (Å²) in [5, 5.41) is 20.7. The lowest BCUT2D eigenvalue weighted by molar-refractivity contribution is -0.157. The first kappa shape index (κ1) is 18.6. The highest BCUT2D eigenvalue weighted by Crippen LogP contribution is 2.44. The van der Waals surface area contributed by atoms with E-state index in [0.717, 1.165) is 16.5 Å². The summed E-state index contributed by atoms with van der Waals surface area (Å²) in [7, 11) is 0. The maximum absolute atomic E-state index is 14.7. The van der Waals surface area contributed by atoms with Gasteiger partial charge in [-0.15, -0.1) is 0 Å². The van der Waals surface area contributed by atoms with Gasteiger partial charge in [0.05, 0.1) is 35.6 Å². The van der Waals surface area contributed by atoms with Crippen molar-refractivity contribution in [3.05, 3.63) is 61.7 Å². The average Bonchev–Trinajstić information content (AvgIpc) is 3.11. The van der Waals surface area contributed by atoms with E-state index >= 15 is 0 Å². The minimum absolute atomic E-state index is 0.197. The molecule has 0 spiro atoms. The molecule has 9 heteroatoms. The summed E-state index contributed by atoms with van der Waals surface area (Å²) in [4.78, 5) is 29.6. The van der Waals surface area contributed by atoms with E-state index in [0.29, 0.717) is 35.3 Å². The molecule has 1 aromatic carbocycles. The van der Waals surface area contributed by atoms with E-state index in [1.54, 1.807) is 6.07 Å². The third-order valence-electron chi connectivity index (χ3n) is 6.69. The monoisotopic (exact) mass is 423 g/mol. The number of carbonyl (C=O) groups is 1. The fourth-order valence-electron chi connectivity index (χ4n) is 5.21. The predicted octanol–water partition coefficient (Wildman–Crippen LogP) is 1.09. The average molecular weight is 423 g/mol. The molecule has 0 unspecified atom stereocenters. The summed E-state index contributed by atoms with van der Waals surface area (Å²) in [5.41, 5.74) is 10.5. The van der Waals surface area contributed by atoms with Crippen molar-refractivity contribution >= 4 is 16.9 Å². The first-order valence-electron chi connectivity index (χ1n) is 10.1. The standard InChI is InChI=1S/C22H18FN3O5/c23-13-4-15-18-8(11(13)6-27)1-2-14(24)17(18)10-5-26-16(19(10)25-15)3-9-12(21(26)29)7-31-22(30)20(9)28/h3-4,14,20,27-28H,1-2,5-7,24H2/t14-,20-/m0/s1. The van der Waals surface area contributed by atoms with Crippen LogP contribution in [-0.4, -0.2) is 25.7 Å². The van der Waals surface area contributed by atoms with Gasteiger partial charge >= 0.3 is 5.97 Å². The van der Waals surface area contributed by atoms with E-state index in [2.05, 4.69) is 4.98 Å². The number of aliphatic hydroxyl groups is 2. The molecule has 3 aromatic rings. The second-order valence-corrected chi connectivity index (χ2v) is 8.23. The van der Waals surface area contributed by atoms with Gasteiger partial charge in [0, 0.05) is 34.2 Å². The molecule has 2 aliphatic heterocycles. The Morgan fingerprint density at radius 3 is 2.84 bits per heavy atom. The second-order valence-electron chi connectivity index (χ2n) is 8.23. The summed E-state index contributed by atoms with van der Waals surface area (Å²) in [6.07, 6.45) is -0.424. The molecule has 0 saturated heterocycles. The minimum atomic E-state index is -1.54. The maximum atomic E-state index is 14.7. The predicted molar refractivity (Wildman–Crippen MR) is 106 cm³/mol. The number of rotatable bonds is 1. The third kappa shape index (κ3) is 2.31. The molecule has 8 nitrogen and oxygen atoms in total. The molecule has 0 amide bonds. The summed E-state index contributed by atoms with van der Waals surface area (Å²) in [6, 6.07) is 2.56. The van der Waals surface area contributed by atoms with Crippen LogP contribution in [0.5, 0.6) is 0 Å². The lowest BCUT2D eigenvalue weighted by atomic mass is 9.82. The summed E-state index contributed by atoms with van der Waals surface area (Å²) < 4.78 is 21.1. The number of esters is 1. The van der Waals surface area contributed by atoms with Gasteiger partial charge in [-0.1, -0.05) is 0 Å². The van der Waals surface area contributed by atoms with Gasteiger partial charge in [0.25, 0.3) is 5.56 Å². The molecule has 0 bridgehead atoms. The third-order valence-corrected chi connectivity index (χ3v) is 6.69. The van der Waals surface area contributed by atoms with Crippen molar-refractivity contribution in [2.24, 2.45) is 5.73 Å². The van der Waals surface area contributed by atoms with E-state index in [-0.39, 0.29) is 41.4 Å². The molecule has 1 aliphatic carbocycles. The van der Waals surface area contributed by atoms with Crippen LogP contribution < -0.4 is 11.3 Å².